The minimum atomic E-state index is -3.62. The number of Topliss-reactive ketones (excluding diaryl/α,β-unsaturated/α-hetero) is 2. The summed E-state index contributed by atoms with van der Waals surface area (Å²) in [6, 6.07) is 2.61. The zero-order chi connectivity index (χ0) is 20.9. The second-order valence-electron chi connectivity index (χ2n) is 6.47. The Morgan fingerprint density at radius 3 is 2.61 bits per heavy atom. The Hall–Kier alpha value is -2.19. The van der Waals surface area contributed by atoms with E-state index in [0.29, 0.717) is 24.8 Å². The van der Waals surface area contributed by atoms with Crippen molar-refractivity contribution in [1.29, 1.82) is 0 Å². The van der Waals surface area contributed by atoms with Crippen molar-refractivity contribution < 1.29 is 28.0 Å². The van der Waals surface area contributed by atoms with E-state index in [1.807, 2.05) is 6.92 Å². The summed E-state index contributed by atoms with van der Waals surface area (Å²) >= 11 is 6.40. The van der Waals surface area contributed by atoms with Crippen LogP contribution in [0.5, 0.6) is 0 Å². The lowest BCUT2D eigenvalue weighted by molar-refractivity contribution is -0.115. The quantitative estimate of drug-likeness (QED) is 0.366. The Labute approximate surface area is 168 Å². The van der Waals surface area contributed by atoms with Crippen LogP contribution in [0.3, 0.4) is 0 Å². The molecule has 1 aromatic carbocycles. The molecule has 0 aliphatic carbocycles. The molecule has 0 saturated carbocycles. The summed E-state index contributed by atoms with van der Waals surface area (Å²) in [6.45, 7) is 2.22. The van der Waals surface area contributed by atoms with Crippen LogP contribution < -0.4 is 0 Å². The normalized spacial score (nSPS) is 14.5. The van der Waals surface area contributed by atoms with Crippen LogP contribution in [0.25, 0.3) is 0 Å². The minimum Gasteiger partial charge on any atom is -0.515 e. The molecule has 1 aromatic rings. The summed E-state index contributed by atoms with van der Waals surface area (Å²) in [5.41, 5.74) is 0.530. The molecule has 7 nitrogen and oxygen atoms in total. The van der Waals surface area contributed by atoms with E-state index in [-0.39, 0.29) is 51.8 Å². The van der Waals surface area contributed by atoms with Gasteiger partial charge in [-0.1, -0.05) is 30.1 Å². The number of aliphatic hydroxyl groups is 1. The fraction of sp³-hybridized carbons (Fsp3) is 0.421. The number of hydrogen-bond acceptors (Lipinski definition) is 7. The number of oxime groups is 1. The highest BCUT2D eigenvalue weighted by atomic mass is 35.5. The van der Waals surface area contributed by atoms with Gasteiger partial charge in [-0.3, -0.25) is 9.59 Å². The molecular formula is C19H22ClNO6S. The van der Waals surface area contributed by atoms with Crippen molar-refractivity contribution in [2.24, 2.45) is 5.16 Å². The highest BCUT2D eigenvalue weighted by Crippen LogP contribution is 2.32. The Morgan fingerprint density at radius 2 is 2.07 bits per heavy atom. The third-order valence-corrected chi connectivity index (χ3v) is 5.85. The van der Waals surface area contributed by atoms with Crippen molar-refractivity contribution in [3.63, 3.8) is 0 Å². The molecule has 0 aromatic heterocycles. The molecule has 0 spiro atoms. The highest BCUT2D eigenvalue weighted by Gasteiger charge is 2.27. The van der Waals surface area contributed by atoms with Crippen LogP contribution in [0.2, 0.25) is 5.02 Å². The standard InChI is InChI=1S/C19H22ClNO6S/c1-3-4-5-15(23)12(11-22)10-16(24)13-6-7-17(28(2,25)26)18(19(13)20)14-8-9-27-21-14/h6-7,11,22H,3-5,8-10H2,1-2H3/b12-11+. The van der Waals surface area contributed by atoms with E-state index in [2.05, 4.69) is 5.16 Å². The van der Waals surface area contributed by atoms with Crippen LogP contribution in [0, 0.1) is 0 Å². The van der Waals surface area contributed by atoms with Gasteiger partial charge >= 0.3 is 0 Å². The Morgan fingerprint density at radius 1 is 1.36 bits per heavy atom. The van der Waals surface area contributed by atoms with Crippen molar-refractivity contribution in [2.75, 3.05) is 12.9 Å². The molecule has 0 amide bonds. The summed E-state index contributed by atoms with van der Waals surface area (Å²) < 4.78 is 24.3. The van der Waals surface area contributed by atoms with E-state index < -0.39 is 15.6 Å². The van der Waals surface area contributed by atoms with Crippen LogP contribution in [0.1, 0.15) is 54.9 Å². The molecule has 0 atom stereocenters. The number of sulfone groups is 1. The van der Waals surface area contributed by atoms with Crippen LogP contribution in [0.4, 0.5) is 0 Å². The van der Waals surface area contributed by atoms with Crippen molar-refractivity contribution in [3.8, 4) is 0 Å². The predicted molar refractivity (Wildman–Crippen MR) is 106 cm³/mol. The second-order valence-corrected chi connectivity index (χ2v) is 8.84. The SMILES string of the molecule is CCCCC(=O)/C(=C/O)CC(=O)c1ccc(S(C)(=O)=O)c(C2=NOCC2)c1Cl. The largest absolute Gasteiger partial charge is 0.515 e. The molecule has 0 saturated heterocycles. The average Bonchev–Trinajstić information content (AvgIpc) is 3.17. The van der Waals surface area contributed by atoms with E-state index in [1.165, 1.54) is 12.1 Å². The number of rotatable bonds is 9. The summed E-state index contributed by atoms with van der Waals surface area (Å²) in [5.74, 6) is -0.814. The number of carbonyl (C=O) groups excluding carboxylic acids is 2. The Balaban J connectivity index is 2.42. The molecule has 1 heterocycles. The topological polar surface area (TPSA) is 110 Å². The number of nitrogens with zero attached hydrogens (tertiary/aromatic N) is 1. The fourth-order valence-corrected chi connectivity index (χ4v) is 4.16. The third kappa shape index (κ3) is 4.99. The zero-order valence-electron chi connectivity index (χ0n) is 15.7. The molecule has 2 rings (SSSR count). The molecule has 152 valence electrons. The molecule has 1 aliphatic heterocycles. The van der Waals surface area contributed by atoms with Gasteiger partial charge < -0.3 is 9.94 Å². The average molecular weight is 428 g/mol. The lowest BCUT2D eigenvalue weighted by Gasteiger charge is -2.13. The van der Waals surface area contributed by atoms with Gasteiger partial charge in [0.1, 0.15) is 6.61 Å². The molecule has 9 heteroatoms. The van der Waals surface area contributed by atoms with Crippen molar-refractivity contribution in [3.05, 3.63) is 40.1 Å². The zero-order valence-corrected chi connectivity index (χ0v) is 17.3. The molecule has 0 unspecified atom stereocenters. The molecule has 1 aliphatic rings. The lowest BCUT2D eigenvalue weighted by atomic mass is 9.96. The first-order valence-electron chi connectivity index (χ1n) is 8.82. The van der Waals surface area contributed by atoms with Gasteiger partial charge in [-0.2, -0.15) is 0 Å². The first kappa shape index (κ1) is 22.1. The fourth-order valence-electron chi connectivity index (χ4n) is 2.82. The maximum atomic E-state index is 12.7. The van der Waals surface area contributed by atoms with Crippen LogP contribution in [0.15, 0.2) is 34.0 Å². The van der Waals surface area contributed by atoms with E-state index >= 15 is 0 Å². The smallest absolute Gasteiger partial charge is 0.176 e. The summed E-state index contributed by atoms with van der Waals surface area (Å²) in [6.07, 6.45) is 3.40. The second kappa shape index (κ2) is 9.34. The molecule has 0 fully saturated rings. The number of unbranched alkanes of at least 4 members (excludes halogenated alkanes) is 1. The third-order valence-electron chi connectivity index (χ3n) is 4.32. The summed E-state index contributed by atoms with van der Waals surface area (Å²) in [7, 11) is -3.62. The van der Waals surface area contributed by atoms with Gasteiger partial charge in [-0.15, -0.1) is 0 Å². The van der Waals surface area contributed by atoms with Crippen LogP contribution >= 0.6 is 11.6 Å². The first-order valence-corrected chi connectivity index (χ1v) is 11.1. The number of ketones is 2. The maximum absolute atomic E-state index is 12.7. The van der Waals surface area contributed by atoms with Crippen LogP contribution in [-0.2, 0) is 19.5 Å². The number of allylic oxidation sites excluding steroid dienone is 1. The summed E-state index contributed by atoms with van der Waals surface area (Å²) in [5, 5.41) is 13.1. The van der Waals surface area contributed by atoms with Gasteiger partial charge in [0.2, 0.25) is 0 Å². The van der Waals surface area contributed by atoms with E-state index in [9.17, 15) is 23.1 Å². The van der Waals surface area contributed by atoms with Gasteiger partial charge in [-0.05, 0) is 18.6 Å². The number of benzene rings is 1. The number of hydrogen-bond donors (Lipinski definition) is 1. The van der Waals surface area contributed by atoms with Crippen molar-refractivity contribution >= 4 is 38.7 Å². The number of halogens is 1. The van der Waals surface area contributed by atoms with Gasteiger partial charge in [0.05, 0.1) is 21.9 Å². The molecular weight excluding hydrogens is 406 g/mol. The van der Waals surface area contributed by atoms with Gasteiger partial charge in [0.15, 0.2) is 21.4 Å². The molecule has 0 radical (unpaired) electrons. The van der Waals surface area contributed by atoms with Crippen molar-refractivity contribution in [1.82, 2.24) is 0 Å². The monoisotopic (exact) mass is 427 g/mol. The summed E-state index contributed by atoms with van der Waals surface area (Å²) in [4.78, 5) is 29.8. The van der Waals surface area contributed by atoms with E-state index in [0.717, 1.165) is 12.7 Å². The Bertz CT molecular complexity index is 949. The van der Waals surface area contributed by atoms with E-state index in [1.54, 1.807) is 0 Å². The molecule has 0 bridgehead atoms. The lowest BCUT2D eigenvalue weighted by Crippen LogP contribution is -2.14. The first-order chi connectivity index (χ1) is 13.2. The van der Waals surface area contributed by atoms with Crippen LogP contribution in [-0.4, -0.2) is 43.7 Å². The molecule has 28 heavy (non-hydrogen) atoms. The highest BCUT2D eigenvalue weighted by molar-refractivity contribution is 7.90. The van der Waals surface area contributed by atoms with Gasteiger partial charge in [0.25, 0.3) is 0 Å². The number of carbonyl (C=O) groups is 2. The predicted octanol–water partition coefficient (Wildman–Crippen LogP) is 3.64. The minimum absolute atomic E-state index is 0.00945. The van der Waals surface area contributed by atoms with Gasteiger partial charge in [-0.25, -0.2) is 8.42 Å². The number of aliphatic hydroxyl groups excluding tert-OH is 1. The molecule has 1 N–H and O–H groups in total. The van der Waals surface area contributed by atoms with Gasteiger partial charge in [0, 0.05) is 42.2 Å². The maximum Gasteiger partial charge on any atom is 0.176 e. The van der Waals surface area contributed by atoms with Crippen molar-refractivity contribution in [2.45, 2.75) is 43.9 Å². The Kier molecular flexibility index (Phi) is 7.37. The van der Waals surface area contributed by atoms with E-state index in [4.69, 9.17) is 16.4 Å².